The number of H-pyrrole nitrogens is 1. The summed E-state index contributed by atoms with van der Waals surface area (Å²) >= 11 is 3.36. The first-order chi connectivity index (χ1) is 7.65. The predicted octanol–water partition coefficient (Wildman–Crippen LogP) is 0.716. The molecule has 2 aromatic rings. The van der Waals surface area contributed by atoms with E-state index in [1.807, 2.05) is 0 Å². The maximum Gasteiger partial charge on any atom is 0.263 e. The molecule has 0 aliphatic carbocycles. The molecular weight excluding hydrogens is 276 g/mol. The minimum Gasteiger partial charge on any atom is -0.383 e. The first kappa shape index (κ1) is 11.2. The summed E-state index contributed by atoms with van der Waals surface area (Å²) in [5.74, 6) is 0.215. The highest BCUT2D eigenvalue weighted by Gasteiger charge is 2.12. The summed E-state index contributed by atoms with van der Waals surface area (Å²) in [7, 11) is 1.59. The summed E-state index contributed by atoms with van der Waals surface area (Å²) < 4.78 is 7.23. The Labute approximate surface area is 99.5 Å². The van der Waals surface area contributed by atoms with Gasteiger partial charge in [-0.05, 0) is 15.9 Å². The second-order valence-corrected chi connectivity index (χ2v) is 4.18. The Morgan fingerprint density at radius 1 is 1.69 bits per heavy atom. The lowest BCUT2D eigenvalue weighted by atomic mass is 10.3. The number of nitrogens with zero attached hydrogens (tertiary/aromatic N) is 2. The van der Waals surface area contributed by atoms with Gasteiger partial charge >= 0.3 is 0 Å². The van der Waals surface area contributed by atoms with Gasteiger partial charge in [0.15, 0.2) is 5.82 Å². The minimum absolute atomic E-state index is 0.165. The molecule has 3 N–H and O–H groups in total. The molecule has 16 heavy (non-hydrogen) atoms. The van der Waals surface area contributed by atoms with Gasteiger partial charge in [-0.1, -0.05) is 0 Å². The Bertz CT molecular complexity index is 575. The van der Waals surface area contributed by atoms with E-state index in [-0.39, 0.29) is 11.4 Å². The van der Waals surface area contributed by atoms with E-state index in [9.17, 15) is 4.79 Å². The minimum atomic E-state index is -0.165. The summed E-state index contributed by atoms with van der Waals surface area (Å²) in [6, 6.07) is 0. The Morgan fingerprint density at radius 2 is 2.44 bits per heavy atom. The summed E-state index contributed by atoms with van der Waals surface area (Å²) in [6.45, 7) is 0.949. The summed E-state index contributed by atoms with van der Waals surface area (Å²) in [5, 5.41) is 6.94. The van der Waals surface area contributed by atoms with Crippen LogP contribution in [0.2, 0.25) is 0 Å². The van der Waals surface area contributed by atoms with Crippen molar-refractivity contribution < 1.29 is 4.74 Å². The zero-order valence-corrected chi connectivity index (χ0v) is 10.2. The van der Waals surface area contributed by atoms with Gasteiger partial charge in [-0.3, -0.25) is 9.89 Å². The van der Waals surface area contributed by atoms with Crippen LogP contribution in [0.3, 0.4) is 0 Å². The monoisotopic (exact) mass is 286 g/mol. The molecule has 0 aromatic carbocycles. The zero-order valence-electron chi connectivity index (χ0n) is 8.66. The Morgan fingerprint density at radius 3 is 3.12 bits per heavy atom. The molecule has 0 radical (unpaired) electrons. The van der Waals surface area contributed by atoms with Crippen LogP contribution in [0, 0.1) is 0 Å². The molecule has 86 valence electrons. The number of nitrogen functional groups attached to an aromatic ring is 1. The first-order valence-corrected chi connectivity index (χ1v) is 5.46. The van der Waals surface area contributed by atoms with Gasteiger partial charge in [0.05, 0.1) is 16.6 Å². The van der Waals surface area contributed by atoms with E-state index in [0.717, 1.165) is 4.47 Å². The molecule has 0 fully saturated rings. The molecule has 0 saturated carbocycles. The zero-order chi connectivity index (χ0) is 11.7. The highest BCUT2D eigenvalue weighted by molar-refractivity contribution is 9.10. The van der Waals surface area contributed by atoms with Gasteiger partial charge in [-0.2, -0.15) is 5.10 Å². The summed E-state index contributed by atoms with van der Waals surface area (Å²) in [5.41, 5.74) is 6.09. The SMILES string of the molecule is COCCn1cc(Br)c2[nH]nc(N)c2c1=O. The van der Waals surface area contributed by atoms with E-state index in [1.165, 1.54) is 0 Å². The van der Waals surface area contributed by atoms with Gasteiger partial charge in [0.25, 0.3) is 5.56 Å². The smallest absolute Gasteiger partial charge is 0.263 e. The van der Waals surface area contributed by atoms with Crippen LogP contribution >= 0.6 is 15.9 Å². The Kier molecular flexibility index (Phi) is 2.97. The molecular formula is C9H11BrN4O2. The highest BCUT2D eigenvalue weighted by Crippen LogP contribution is 2.21. The number of aromatic nitrogens is 3. The number of aromatic amines is 1. The maximum absolute atomic E-state index is 12.0. The Balaban J connectivity index is 2.64. The Hall–Kier alpha value is -1.34. The van der Waals surface area contributed by atoms with Crippen molar-refractivity contribution in [2.24, 2.45) is 0 Å². The number of nitrogens with one attached hydrogen (secondary N) is 1. The van der Waals surface area contributed by atoms with Crippen LogP contribution in [0.25, 0.3) is 10.9 Å². The largest absolute Gasteiger partial charge is 0.383 e. The van der Waals surface area contributed by atoms with Gasteiger partial charge in [0.1, 0.15) is 5.39 Å². The third-order valence-electron chi connectivity index (χ3n) is 2.31. The number of nitrogens with two attached hydrogens (primary N) is 1. The normalized spacial score (nSPS) is 11.1. The number of hydrogen-bond acceptors (Lipinski definition) is 4. The quantitative estimate of drug-likeness (QED) is 0.870. The van der Waals surface area contributed by atoms with Gasteiger partial charge < -0.3 is 15.0 Å². The van der Waals surface area contributed by atoms with E-state index < -0.39 is 0 Å². The van der Waals surface area contributed by atoms with Crippen molar-refractivity contribution in [2.45, 2.75) is 6.54 Å². The van der Waals surface area contributed by atoms with Crippen LogP contribution in [-0.4, -0.2) is 28.5 Å². The van der Waals surface area contributed by atoms with Crippen molar-refractivity contribution in [2.75, 3.05) is 19.5 Å². The molecule has 0 spiro atoms. The number of rotatable bonds is 3. The number of ether oxygens (including phenoxy) is 1. The average molecular weight is 287 g/mol. The van der Waals surface area contributed by atoms with Crippen LogP contribution in [-0.2, 0) is 11.3 Å². The van der Waals surface area contributed by atoms with Crippen LogP contribution in [0.1, 0.15) is 0 Å². The third kappa shape index (κ3) is 1.72. The van der Waals surface area contributed by atoms with Gasteiger partial charge in [0.2, 0.25) is 0 Å². The molecule has 0 atom stereocenters. The van der Waals surface area contributed by atoms with Crippen molar-refractivity contribution in [3.63, 3.8) is 0 Å². The van der Waals surface area contributed by atoms with E-state index in [0.29, 0.717) is 24.1 Å². The number of fused-ring (bicyclic) bond motifs is 1. The number of methoxy groups -OCH3 is 1. The second kappa shape index (κ2) is 4.26. The molecule has 7 heteroatoms. The molecule has 0 saturated heterocycles. The highest BCUT2D eigenvalue weighted by atomic mass is 79.9. The van der Waals surface area contributed by atoms with Crippen molar-refractivity contribution in [1.29, 1.82) is 0 Å². The number of pyridine rings is 1. The maximum atomic E-state index is 12.0. The number of anilines is 1. The topological polar surface area (TPSA) is 85.9 Å². The van der Waals surface area contributed by atoms with Crippen LogP contribution in [0.15, 0.2) is 15.5 Å². The molecule has 0 amide bonds. The lowest BCUT2D eigenvalue weighted by Crippen LogP contribution is -2.22. The first-order valence-electron chi connectivity index (χ1n) is 4.66. The van der Waals surface area contributed by atoms with Gasteiger partial charge in [0, 0.05) is 19.9 Å². The number of halogens is 1. The molecule has 2 rings (SSSR count). The predicted molar refractivity (Wildman–Crippen MR) is 64.3 cm³/mol. The second-order valence-electron chi connectivity index (χ2n) is 3.33. The fourth-order valence-electron chi connectivity index (χ4n) is 1.50. The molecule has 0 unspecified atom stereocenters. The van der Waals surface area contributed by atoms with Crippen LogP contribution in [0.4, 0.5) is 5.82 Å². The van der Waals surface area contributed by atoms with Gasteiger partial charge in [-0.15, -0.1) is 0 Å². The van der Waals surface area contributed by atoms with Gasteiger partial charge in [-0.25, -0.2) is 0 Å². The lowest BCUT2D eigenvalue weighted by molar-refractivity contribution is 0.186. The van der Waals surface area contributed by atoms with Crippen molar-refractivity contribution in [3.05, 3.63) is 21.0 Å². The molecule has 0 bridgehead atoms. The fourth-order valence-corrected chi connectivity index (χ4v) is 2.04. The van der Waals surface area contributed by atoms with Crippen molar-refractivity contribution in [3.8, 4) is 0 Å². The van der Waals surface area contributed by atoms with Crippen molar-refractivity contribution in [1.82, 2.24) is 14.8 Å². The third-order valence-corrected chi connectivity index (χ3v) is 2.91. The summed E-state index contributed by atoms with van der Waals surface area (Å²) in [6.07, 6.45) is 1.70. The van der Waals surface area contributed by atoms with Crippen LogP contribution < -0.4 is 11.3 Å². The lowest BCUT2D eigenvalue weighted by Gasteiger charge is -2.06. The average Bonchev–Trinajstić information content (AvgIpc) is 2.64. The molecule has 6 nitrogen and oxygen atoms in total. The van der Waals surface area contributed by atoms with Crippen molar-refractivity contribution >= 4 is 32.7 Å². The molecule has 0 aliphatic rings. The molecule has 2 heterocycles. The van der Waals surface area contributed by atoms with Crippen LogP contribution in [0.5, 0.6) is 0 Å². The molecule has 0 aliphatic heterocycles. The standard InChI is InChI=1S/C9H11BrN4O2/c1-16-3-2-14-4-5(10)7-6(9(14)15)8(11)13-12-7/h4H,2-3H2,1H3,(H3,11,12,13). The summed E-state index contributed by atoms with van der Waals surface area (Å²) in [4.78, 5) is 12.0. The van der Waals surface area contributed by atoms with E-state index >= 15 is 0 Å². The number of hydrogen-bond donors (Lipinski definition) is 2. The van der Waals surface area contributed by atoms with E-state index in [1.54, 1.807) is 17.9 Å². The fraction of sp³-hybridized carbons (Fsp3) is 0.333. The molecule has 2 aromatic heterocycles. The van der Waals surface area contributed by atoms with E-state index in [4.69, 9.17) is 10.5 Å². The van der Waals surface area contributed by atoms with E-state index in [2.05, 4.69) is 26.1 Å².